The van der Waals surface area contributed by atoms with Crippen molar-refractivity contribution in [2.45, 2.75) is 39.5 Å². The van der Waals surface area contributed by atoms with Gasteiger partial charge in [-0.05, 0) is 63.0 Å². The van der Waals surface area contributed by atoms with E-state index in [4.69, 9.17) is 0 Å². The Morgan fingerprint density at radius 3 is 2.78 bits per heavy atom. The molecule has 0 aliphatic carbocycles. The number of nitrogens with one attached hydrogen (secondary N) is 2. The van der Waals surface area contributed by atoms with Crippen LogP contribution in [-0.2, 0) is 6.42 Å². The van der Waals surface area contributed by atoms with E-state index in [0.717, 1.165) is 30.6 Å². The van der Waals surface area contributed by atoms with Crippen molar-refractivity contribution < 1.29 is 4.79 Å². The van der Waals surface area contributed by atoms with Gasteiger partial charge in [0.05, 0.1) is 0 Å². The molecule has 0 saturated carbocycles. The molecule has 0 radical (unpaired) electrons. The van der Waals surface area contributed by atoms with Crippen LogP contribution in [0.15, 0.2) is 18.2 Å². The molecule has 1 aromatic heterocycles. The quantitative estimate of drug-likeness (QED) is 0.890. The molecular weight excluding hydrogens is 286 g/mol. The highest BCUT2D eigenvalue weighted by atomic mass is 16.1. The number of carbonyl (C=O) groups excluding carboxylic acids is 1. The summed E-state index contributed by atoms with van der Waals surface area (Å²) in [5.41, 5.74) is 4.38. The number of likely N-dealkylation sites (tertiary alicyclic amines) is 1. The monoisotopic (exact) mass is 313 g/mol. The average molecular weight is 313 g/mol. The van der Waals surface area contributed by atoms with Crippen LogP contribution in [0.4, 0.5) is 0 Å². The lowest BCUT2D eigenvalue weighted by Gasteiger charge is -2.26. The Morgan fingerprint density at radius 1 is 1.26 bits per heavy atom. The normalized spacial score (nSPS) is 15.9. The summed E-state index contributed by atoms with van der Waals surface area (Å²) in [6, 6.07) is 5.95. The van der Waals surface area contributed by atoms with Crippen molar-refractivity contribution in [2.75, 3.05) is 26.2 Å². The molecule has 1 amide bonds. The van der Waals surface area contributed by atoms with Crippen molar-refractivity contribution in [3.63, 3.8) is 0 Å². The van der Waals surface area contributed by atoms with Crippen LogP contribution in [0.25, 0.3) is 10.9 Å². The van der Waals surface area contributed by atoms with Gasteiger partial charge in [-0.2, -0.15) is 0 Å². The van der Waals surface area contributed by atoms with Gasteiger partial charge in [-0.25, -0.2) is 0 Å². The highest BCUT2D eigenvalue weighted by Crippen LogP contribution is 2.23. The van der Waals surface area contributed by atoms with Crippen molar-refractivity contribution in [3.8, 4) is 0 Å². The Kier molecular flexibility index (Phi) is 5.01. The van der Waals surface area contributed by atoms with Crippen LogP contribution < -0.4 is 5.32 Å². The lowest BCUT2D eigenvalue weighted by atomic mass is 10.1. The van der Waals surface area contributed by atoms with Gasteiger partial charge >= 0.3 is 0 Å². The first-order valence-corrected chi connectivity index (χ1v) is 8.81. The number of aromatic amines is 1. The van der Waals surface area contributed by atoms with E-state index in [2.05, 4.69) is 29.0 Å². The number of piperidine rings is 1. The zero-order chi connectivity index (χ0) is 16.2. The molecular formula is C19H27N3O. The minimum absolute atomic E-state index is 0.0322. The van der Waals surface area contributed by atoms with Crippen LogP contribution in [-0.4, -0.2) is 42.0 Å². The van der Waals surface area contributed by atoms with E-state index in [1.54, 1.807) is 0 Å². The van der Waals surface area contributed by atoms with Gasteiger partial charge in [0.2, 0.25) is 0 Å². The average Bonchev–Trinajstić information content (AvgIpc) is 2.89. The molecule has 23 heavy (non-hydrogen) atoms. The Hall–Kier alpha value is -1.81. The minimum Gasteiger partial charge on any atom is -0.358 e. The zero-order valence-corrected chi connectivity index (χ0v) is 14.2. The number of benzene rings is 1. The molecule has 124 valence electrons. The topological polar surface area (TPSA) is 48.1 Å². The smallest absolute Gasteiger partial charge is 0.251 e. The number of hydrogen-bond acceptors (Lipinski definition) is 2. The molecule has 3 rings (SSSR count). The van der Waals surface area contributed by atoms with E-state index in [1.165, 1.54) is 49.0 Å². The predicted octanol–water partition coefficient (Wildman–Crippen LogP) is 3.25. The SMILES string of the molecule is CCc1c(C)[nH]c2ccc(C(=O)NCCN3CCCCC3)cc12. The van der Waals surface area contributed by atoms with E-state index in [1.807, 2.05) is 18.2 Å². The maximum Gasteiger partial charge on any atom is 0.251 e. The number of amides is 1. The van der Waals surface area contributed by atoms with E-state index < -0.39 is 0 Å². The summed E-state index contributed by atoms with van der Waals surface area (Å²) in [4.78, 5) is 18.2. The summed E-state index contributed by atoms with van der Waals surface area (Å²) in [6.45, 7) is 8.27. The zero-order valence-electron chi connectivity index (χ0n) is 14.2. The molecule has 0 atom stereocenters. The summed E-state index contributed by atoms with van der Waals surface area (Å²) in [5, 5.41) is 4.24. The molecule has 1 fully saturated rings. The number of hydrogen-bond donors (Lipinski definition) is 2. The highest BCUT2D eigenvalue weighted by molar-refractivity contribution is 5.99. The minimum atomic E-state index is 0.0322. The molecule has 0 spiro atoms. The molecule has 0 unspecified atom stereocenters. The van der Waals surface area contributed by atoms with E-state index in [-0.39, 0.29) is 5.91 Å². The summed E-state index contributed by atoms with van der Waals surface area (Å²) in [7, 11) is 0. The molecule has 1 aliphatic rings. The lowest BCUT2D eigenvalue weighted by Crippen LogP contribution is -2.37. The summed E-state index contributed by atoms with van der Waals surface area (Å²) in [5.74, 6) is 0.0322. The Balaban J connectivity index is 1.63. The van der Waals surface area contributed by atoms with Gasteiger partial charge in [-0.1, -0.05) is 13.3 Å². The van der Waals surface area contributed by atoms with Crippen molar-refractivity contribution in [1.29, 1.82) is 0 Å². The number of carbonyl (C=O) groups is 1. The number of aryl methyl sites for hydroxylation is 2. The third-order valence-corrected chi connectivity index (χ3v) is 4.90. The van der Waals surface area contributed by atoms with Gasteiger partial charge in [-0.15, -0.1) is 0 Å². The first-order valence-electron chi connectivity index (χ1n) is 8.81. The third-order valence-electron chi connectivity index (χ3n) is 4.90. The molecule has 1 saturated heterocycles. The fraction of sp³-hybridized carbons (Fsp3) is 0.526. The number of H-pyrrole nitrogens is 1. The van der Waals surface area contributed by atoms with Crippen LogP contribution in [0.3, 0.4) is 0 Å². The molecule has 4 heteroatoms. The third kappa shape index (κ3) is 3.58. The lowest BCUT2D eigenvalue weighted by molar-refractivity contribution is 0.0946. The predicted molar refractivity (Wildman–Crippen MR) is 95.0 cm³/mol. The number of rotatable bonds is 5. The largest absolute Gasteiger partial charge is 0.358 e. The van der Waals surface area contributed by atoms with Gasteiger partial charge in [0.25, 0.3) is 5.91 Å². The molecule has 1 aliphatic heterocycles. The number of nitrogens with zero attached hydrogens (tertiary/aromatic N) is 1. The van der Waals surface area contributed by atoms with Crippen LogP contribution in [0, 0.1) is 6.92 Å². The van der Waals surface area contributed by atoms with Gasteiger partial charge in [0.1, 0.15) is 0 Å². The van der Waals surface area contributed by atoms with Gasteiger partial charge in [0, 0.05) is 35.2 Å². The number of aromatic nitrogens is 1. The van der Waals surface area contributed by atoms with Crippen molar-refractivity contribution >= 4 is 16.8 Å². The van der Waals surface area contributed by atoms with Crippen molar-refractivity contribution in [2.24, 2.45) is 0 Å². The highest BCUT2D eigenvalue weighted by Gasteiger charge is 2.12. The van der Waals surface area contributed by atoms with Crippen LogP contribution in [0.1, 0.15) is 47.8 Å². The van der Waals surface area contributed by atoms with E-state index >= 15 is 0 Å². The molecule has 2 aromatic rings. The Morgan fingerprint density at radius 2 is 2.04 bits per heavy atom. The van der Waals surface area contributed by atoms with E-state index in [0.29, 0.717) is 0 Å². The van der Waals surface area contributed by atoms with Crippen molar-refractivity contribution in [1.82, 2.24) is 15.2 Å². The molecule has 1 aromatic carbocycles. The van der Waals surface area contributed by atoms with Crippen molar-refractivity contribution in [3.05, 3.63) is 35.0 Å². The summed E-state index contributed by atoms with van der Waals surface area (Å²) >= 11 is 0. The second-order valence-electron chi connectivity index (χ2n) is 6.50. The summed E-state index contributed by atoms with van der Waals surface area (Å²) in [6.07, 6.45) is 4.90. The Labute approximate surface area is 138 Å². The fourth-order valence-electron chi connectivity index (χ4n) is 3.59. The fourth-order valence-corrected chi connectivity index (χ4v) is 3.59. The van der Waals surface area contributed by atoms with Crippen LogP contribution >= 0.6 is 0 Å². The van der Waals surface area contributed by atoms with Crippen LogP contribution in [0.5, 0.6) is 0 Å². The molecule has 4 nitrogen and oxygen atoms in total. The van der Waals surface area contributed by atoms with E-state index in [9.17, 15) is 4.79 Å². The maximum absolute atomic E-state index is 12.4. The first kappa shape index (κ1) is 16.1. The first-order chi connectivity index (χ1) is 11.2. The molecule has 2 heterocycles. The molecule has 2 N–H and O–H groups in total. The molecule has 0 bridgehead atoms. The number of fused-ring (bicyclic) bond motifs is 1. The summed E-state index contributed by atoms with van der Waals surface area (Å²) < 4.78 is 0. The van der Waals surface area contributed by atoms with Crippen LogP contribution in [0.2, 0.25) is 0 Å². The Bertz CT molecular complexity index is 683. The van der Waals surface area contributed by atoms with Gasteiger partial charge in [-0.3, -0.25) is 4.79 Å². The maximum atomic E-state index is 12.4. The van der Waals surface area contributed by atoms with Gasteiger partial charge in [0.15, 0.2) is 0 Å². The second kappa shape index (κ2) is 7.18. The second-order valence-corrected chi connectivity index (χ2v) is 6.50. The standard InChI is InChI=1S/C19H27N3O/c1-3-16-14(2)21-18-8-7-15(13-17(16)18)19(23)20-9-12-22-10-5-4-6-11-22/h7-8,13,21H,3-6,9-12H2,1-2H3,(H,20,23). The van der Waals surface area contributed by atoms with Gasteiger partial charge < -0.3 is 15.2 Å².